The Bertz CT molecular complexity index is 6050. The molecule has 0 aliphatic heterocycles. The van der Waals surface area contributed by atoms with Gasteiger partial charge in [0.25, 0.3) is 29.5 Å². The first-order valence-corrected chi connectivity index (χ1v) is 39.7. The number of benzene rings is 10. The van der Waals surface area contributed by atoms with E-state index in [0.717, 1.165) is 26.3 Å². The number of aromatic nitrogens is 5. The fourth-order valence-electron chi connectivity index (χ4n) is 11.2. The summed E-state index contributed by atoms with van der Waals surface area (Å²) in [4.78, 5) is 81.4. The van der Waals surface area contributed by atoms with Crippen molar-refractivity contribution in [3.05, 3.63) is 415 Å². The molecule has 0 aliphatic rings. The summed E-state index contributed by atoms with van der Waals surface area (Å²) in [5.74, 6) is 8.52. The van der Waals surface area contributed by atoms with E-state index in [9.17, 15) is 37.1 Å². The predicted octanol–water partition coefficient (Wildman–Crippen LogP) is 25.7. The van der Waals surface area contributed by atoms with Crippen molar-refractivity contribution in [3.63, 3.8) is 0 Å². The van der Waals surface area contributed by atoms with Gasteiger partial charge in [0.05, 0.1) is 36.5 Å². The molecule has 20 nitrogen and oxygen atoms in total. The van der Waals surface area contributed by atoms with Gasteiger partial charge in [-0.1, -0.05) is 125 Å². The summed E-state index contributed by atoms with van der Waals surface area (Å²) >= 11 is 20.6. The first kappa shape index (κ1) is 93.1. The third kappa shape index (κ3) is 30.1. The summed E-state index contributed by atoms with van der Waals surface area (Å²) in [6.45, 7) is 5.84. The molecule has 0 fully saturated rings. The van der Waals surface area contributed by atoms with Crippen molar-refractivity contribution < 1.29 is 60.8 Å². The molecule has 15 rings (SSSR count). The molecule has 15 aromatic rings. The van der Waals surface area contributed by atoms with Crippen molar-refractivity contribution in [2.45, 2.75) is 34.4 Å². The second-order valence-electron chi connectivity index (χ2n) is 26.7. The zero-order valence-corrected chi connectivity index (χ0v) is 70.8. The van der Waals surface area contributed by atoms with Gasteiger partial charge in [-0.3, -0.25) is 48.9 Å². The molecule has 0 unspecified atom stereocenters. The fourth-order valence-corrected chi connectivity index (χ4v) is 12.5. The maximum Gasteiger partial charge on any atom is 0.418 e. The molecule has 0 spiro atoms. The normalized spacial score (nSPS) is 10.2. The van der Waals surface area contributed by atoms with Gasteiger partial charge in [0.2, 0.25) is 0 Å². The summed E-state index contributed by atoms with van der Waals surface area (Å²) in [6.07, 6.45) is 21.2. The van der Waals surface area contributed by atoms with Crippen LogP contribution in [0.2, 0.25) is 15.1 Å². The lowest BCUT2D eigenvalue weighted by Gasteiger charge is -2.11. The van der Waals surface area contributed by atoms with Crippen molar-refractivity contribution in [1.82, 2.24) is 24.9 Å². The molecule has 5 amide bonds. The van der Waals surface area contributed by atoms with Crippen LogP contribution in [0.15, 0.2) is 335 Å². The molecule has 27 heteroatoms. The molecule has 5 aromatic heterocycles. The molecule has 5 heterocycles. The summed E-state index contributed by atoms with van der Waals surface area (Å²) in [5, 5.41) is 15.4. The largest absolute Gasteiger partial charge is 0.456 e. The van der Waals surface area contributed by atoms with E-state index in [1.54, 1.807) is 232 Å². The molecule has 0 atom stereocenters. The molecule has 10 aromatic carbocycles. The maximum absolute atomic E-state index is 12.8. The number of hydrogen-bond donors (Lipinski definition) is 5. The molecule has 0 saturated carbocycles. The molecular weight excluding hydrogens is 1780 g/mol. The second-order valence-corrected chi connectivity index (χ2v) is 29.3. The van der Waals surface area contributed by atoms with Crippen LogP contribution in [0.25, 0.3) is 0 Å². The Hall–Kier alpha value is -15.2. The monoisotopic (exact) mass is 1850 g/mol. The number of rotatable bonds is 20. The number of aryl methyl sites for hydroxylation is 3. The van der Waals surface area contributed by atoms with E-state index in [1.165, 1.54) is 12.3 Å². The summed E-state index contributed by atoms with van der Waals surface area (Å²) < 4.78 is 67.6. The van der Waals surface area contributed by atoms with Gasteiger partial charge in [-0.05, 0) is 231 Å². The Morgan fingerprint density at radius 2 is 0.611 bits per heavy atom. The van der Waals surface area contributed by atoms with Crippen LogP contribution in [0.4, 0.5) is 41.6 Å². The standard InChI is InChI=1S/C21H13F3N2O2.C20H13ClN2O2.2C19H15ClN2O2.C19H15IN2O2.CH4/c1-2-14-5-3-6-15(9-14)20(27)26-17-7-4-8-18(11-17)28-19-10-16(12-25-13-19)21(22,23)24;1-2-14-5-3-6-15(9-14)20(24)23-17-10-16(21)11-19(12-17)25-18-7-4-8-22-13-18;3*1-13-4-2-5-14(8-13)19(23)22-16-9-15(20)10-18(11-16)24-17-6-3-7-21-12-17;/h1,3-13H,(H,26,27);1,3-13H,(H,23,24);3*2-12H,1H3,(H,22,23);1H4. The Labute approximate surface area is 753 Å². The molecule has 0 radical (unpaired) electrons. The third-order valence-electron chi connectivity index (χ3n) is 16.8. The van der Waals surface area contributed by atoms with Gasteiger partial charge < -0.3 is 50.3 Å². The number of ether oxygens (including phenoxy) is 5. The van der Waals surface area contributed by atoms with E-state index in [2.05, 4.69) is 85.9 Å². The van der Waals surface area contributed by atoms with Gasteiger partial charge >= 0.3 is 6.18 Å². The van der Waals surface area contributed by atoms with Crippen molar-refractivity contribution in [3.8, 4) is 82.2 Å². The molecule has 126 heavy (non-hydrogen) atoms. The van der Waals surface area contributed by atoms with E-state index in [1.807, 2.05) is 99.6 Å². The number of carbonyl (C=O) groups is 5. The van der Waals surface area contributed by atoms with E-state index in [0.29, 0.717) is 135 Å². The van der Waals surface area contributed by atoms with Gasteiger partial charge in [-0.2, -0.15) is 13.2 Å². The highest BCUT2D eigenvalue weighted by Gasteiger charge is 2.31. The Morgan fingerprint density at radius 3 is 0.944 bits per heavy atom. The number of pyridine rings is 5. The number of amides is 5. The van der Waals surface area contributed by atoms with Gasteiger partial charge in [-0.25, -0.2) is 0 Å². The van der Waals surface area contributed by atoms with Gasteiger partial charge in [-0.15, -0.1) is 12.8 Å². The third-order valence-corrected chi connectivity index (χ3v) is 18.1. The summed E-state index contributed by atoms with van der Waals surface area (Å²) in [7, 11) is 0. The SMILES string of the molecule is C.C#Cc1cccc(C(=O)Nc2cc(Cl)cc(Oc3cccnc3)c2)c1.C#Cc1cccc(C(=O)Nc2cccc(Oc3cncc(C(F)(F)F)c3)c2)c1.Cc1cccc(C(=O)Nc2cc(Cl)cc(Oc3cccnc3)c2)c1.Cc1cccc(C(=O)Nc2cc(Cl)cc(Oc3cccnc3)c2)c1.Cc1cccc(C(=O)Nc2cc(I)cc(Oc3cccnc3)c2)c1. The molecular formula is C99H75Cl3F3IN10O10. The van der Waals surface area contributed by atoms with E-state index >= 15 is 0 Å². The highest BCUT2D eigenvalue weighted by Crippen LogP contribution is 2.36. The van der Waals surface area contributed by atoms with Crippen molar-refractivity contribution in [1.29, 1.82) is 0 Å². The number of carbonyl (C=O) groups excluding carboxylic acids is 5. The lowest BCUT2D eigenvalue weighted by molar-refractivity contribution is -0.137. The molecule has 5 N–H and O–H groups in total. The van der Waals surface area contributed by atoms with Gasteiger partial charge in [0, 0.05) is 147 Å². The maximum atomic E-state index is 12.8. The molecule has 0 bridgehead atoms. The summed E-state index contributed by atoms with van der Waals surface area (Å²) in [6, 6.07) is 77.8. The van der Waals surface area contributed by atoms with Crippen LogP contribution in [-0.4, -0.2) is 54.5 Å². The number of hydrogen-bond acceptors (Lipinski definition) is 15. The van der Waals surface area contributed by atoms with Crippen LogP contribution in [-0.2, 0) is 6.18 Å². The van der Waals surface area contributed by atoms with Crippen LogP contribution in [0, 0.1) is 49.0 Å². The number of anilines is 5. The number of nitrogens with one attached hydrogen (secondary N) is 5. The predicted molar refractivity (Wildman–Crippen MR) is 495 cm³/mol. The van der Waals surface area contributed by atoms with Crippen molar-refractivity contribution in [2.75, 3.05) is 26.6 Å². The van der Waals surface area contributed by atoms with Crippen LogP contribution in [0.1, 0.15) is 92.6 Å². The highest BCUT2D eigenvalue weighted by atomic mass is 127. The molecule has 0 aliphatic carbocycles. The zero-order valence-electron chi connectivity index (χ0n) is 66.4. The topological polar surface area (TPSA) is 256 Å². The minimum atomic E-state index is -4.52. The fraction of sp³-hybridized carbons (Fsp3) is 0.0505. The zero-order chi connectivity index (χ0) is 88.6. The molecule has 0 saturated heterocycles. The van der Waals surface area contributed by atoms with E-state index in [4.69, 9.17) is 71.3 Å². The van der Waals surface area contributed by atoms with E-state index in [-0.39, 0.29) is 48.5 Å². The first-order chi connectivity index (χ1) is 60.3. The van der Waals surface area contributed by atoms with Crippen molar-refractivity contribution >= 4 is 115 Å². The average molecular weight is 1860 g/mol. The lowest BCUT2D eigenvalue weighted by atomic mass is 10.1. The number of alkyl halides is 3. The van der Waals surface area contributed by atoms with Crippen LogP contribution >= 0.6 is 57.4 Å². The van der Waals surface area contributed by atoms with Gasteiger partial charge in [0.15, 0.2) is 0 Å². The molecule has 630 valence electrons. The van der Waals surface area contributed by atoms with Crippen LogP contribution in [0.3, 0.4) is 0 Å². The van der Waals surface area contributed by atoms with Crippen molar-refractivity contribution in [2.24, 2.45) is 0 Å². The second kappa shape index (κ2) is 46.2. The van der Waals surface area contributed by atoms with E-state index < -0.39 is 11.7 Å². The number of terminal acetylenes is 2. The van der Waals surface area contributed by atoms with Gasteiger partial charge in [0.1, 0.15) is 57.5 Å². The summed E-state index contributed by atoms with van der Waals surface area (Å²) in [5.41, 5.74) is 8.77. The Morgan fingerprint density at radius 1 is 0.317 bits per heavy atom. The Balaban J connectivity index is 0.000000164. The Kier molecular flexibility index (Phi) is 34.1. The smallest absolute Gasteiger partial charge is 0.418 e. The van der Waals surface area contributed by atoms with Crippen LogP contribution < -0.4 is 50.3 Å². The average Bonchev–Trinajstić information content (AvgIpc) is 0.864. The van der Waals surface area contributed by atoms with Crippen LogP contribution in [0.5, 0.6) is 57.5 Å². The minimum absolute atomic E-state index is 0. The highest BCUT2D eigenvalue weighted by molar-refractivity contribution is 14.1. The number of halogens is 7. The quantitative estimate of drug-likeness (QED) is 0.0351. The first-order valence-electron chi connectivity index (χ1n) is 37.5. The minimum Gasteiger partial charge on any atom is -0.456 e. The lowest BCUT2D eigenvalue weighted by Crippen LogP contribution is -2.12. The number of nitrogens with zero attached hydrogens (tertiary/aromatic N) is 5.